The van der Waals surface area contributed by atoms with Gasteiger partial charge in [0.05, 0.1) is 21.9 Å². The molecule has 1 aromatic carbocycles. The van der Waals surface area contributed by atoms with Crippen molar-refractivity contribution in [3.05, 3.63) is 52.1 Å². The number of rotatable bonds is 7. The second-order valence-corrected chi connectivity index (χ2v) is 9.91. The molecule has 4 heterocycles. The van der Waals surface area contributed by atoms with Gasteiger partial charge in [0.25, 0.3) is 5.56 Å². The number of hydrogen-bond donors (Lipinski definition) is 1. The van der Waals surface area contributed by atoms with Gasteiger partial charge in [-0.1, -0.05) is 29.5 Å². The number of carbonyl (C=O) groups excluding carboxylic acids is 1. The Morgan fingerprint density at radius 3 is 2.74 bits per heavy atom. The minimum atomic E-state index is -0.358. The van der Waals surface area contributed by atoms with E-state index in [-0.39, 0.29) is 18.0 Å². The molecule has 10 heteroatoms. The number of piperidine rings is 1. The van der Waals surface area contributed by atoms with Gasteiger partial charge in [-0.15, -0.1) is 11.3 Å². The maximum atomic E-state index is 13.3. The molecule has 3 aromatic heterocycles. The molecule has 0 bridgehead atoms. The quantitative estimate of drug-likeness (QED) is 0.403. The third kappa shape index (κ3) is 4.55. The van der Waals surface area contributed by atoms with Crippen molar-refractivity contribution in [3.63, 3.8) is 0 Å². The highest BCUT2D eigenvalue weighted by atomic mass is 32.1. The third-order valence-electron chi connectivity index (χ3n) is 5.62. The van der Waals surface area contributed by atoms with Crippen molar-refractivity contribution in [2.24, 2.45) is 0 Å². The largest absolute Gasteiger partial charge is 0.492 e. The summed E-state index contributed by atoms with van der Waals surface area (Å²) in [5.41, 5.74) is 1.26. The minimum absolute atomic E-state index is 0.218. The number of nitrogens with one attached hydrogen (secondary N) is 1. The SMILES string of the molecule is CCOc1ccccc1NC(=O)Cn1nc(-c2cccs2)c2sc(N3CCCCC3)nc2c1=O. The van der Waals surface area contributed by atoms with E-state index < -0.39 is 0 Å². The maximum absolute atomic E-state index is 13.3. The summed E-state index contributed by atoms with van der Waals surface area (Å²) in [7, 11) is 0. The van der Waals surface area contributed by atoms with Gasteiger partial charge in [-0.05, 0) is 49.8 Å². The fourth-order valence-corrected chi connectivity index (χ4v) is 5.92. The Hall–Kier alpha value is -3.24. The van der Waals surface area contributed by atoms with Crippen molar-refractivity contribution < 1.29 is 9.53 Å². The molecular weight excluding hydrogens is 470 g/mol. The Bertz CT molecular complexity index is 1360. The number of benzene rings is 1. The van der Waals surface area contributed by atoms with Crippen molar-refractivity contribution in [3.8, 4) is 16.3 Å². The van der Waals surface area contributed by atoms with Crippen LogP contribution in [0.4, 0.5) is 10.8 Å². The lowest BCUT2D eigenvalue weighted by molar-refractivity contribution is -0.117. The fourth-order valence-electron chi connectivity index (χ4n) is 4.03. The first-order chi connectivity index (χ1) is 16.6. The zero-order valence-electron chi connectivity index (χ0n) is 18.8. The van der Waals surface area contributed by atoms with E-state index in [1.165, 1.54) is 22.4 Å². The highest BCUT2D eigenvalue weighted by Crippen LogP contribution is 2.36. The molecule has 0 spiro atoms. The number of hydrogen-bond acceptors (Lipinski definition) is 8. The van der Waals surface area contributed by atoms with E-state index in [4.69, 9.17) is 9.72 Å². The first-order valence-corrected chi connectivity index (χ1v) is 13.1. The number of nitrogens with zero attached hydrogens (tertiary/aromatic N) is 4. The van der Waals surface area contributed by atoms with Gasteiger partial charge in [0.15, 0.2) is 10.6 Å². The van der Waals surface area contributed by atoms with Gasteiger partial charge in [-0.3, -0.25) is 9.59 Å². The Morgan fingerprint density at radius 2 is 1.97 bits per heavy atom. The molecular formula is C24H25N5O3S2. The number of fused-ring (bicyclic) bond motifs is 1. The summed E-state index contributed by atoms with van der Waals surface area (Å²) in [6.07, 6.45) is 3.47. The van der Waals surface area contributed by atoms with E-state index in [1.807, 2.05) is 36.6 Å². The molecule has 0 radical (unpaired) electrons. The highest BCUT2D eigenvalue weighted by Gasteiger charge is 2.22. The number of carbonyl (C=O) groups is 1. The Labute approximate surface area is 204 Å². The zero-order chi connectivity index (χ0) is 23.5. The van der Waals surface area contributed by atoms with Crippen LogP contribution in [0.3, 0.4) is 0 Å². The van der Waals surface area contributed by atoms with Crippen molar-refractivity contribution in [1.82, 2.24) is 14.8 Å². The summed E-state index contributed by atoms with van der Waals surface area (Å²) in [5.74, 6) is 0.226. The normalized spacial score (nSPS) is 13.9. The summed E-state index contributed by atoms with van der Waals surface area (Å²) < 4.78 is 7.57. The maximum Gasteiger partial charge on any atom is 0.294 e. The van der Waals surface area contributed by atoms with Crippen LogP contribution in [-0.2, 0) is 11.3 Å². The van der Waals surface area contributed by atoms with Crippen molar-refractivity contribution in [2.75, 3.05) is 29.9 Å². The van der Waals surface area contributed by atoms with Crippen LogP contribution in [0.5, 0.6) is 5.75 Å². The van der Waals surface area contributed by atoms with Crippen LogP contribution in [0.2, 0.25) is 0 Å². The van der Waals surface area contributed by atoms with Crippen LogP contribution in [0.1, 0.15) is 26.2 Å². The zero-order valence-corrected chi connectivity index (χ0v) is 20.5. The Kier molecular flexibility index (Phi) is 6.59. The molecule has 5 rings (SSSR count). The van der Waals surface area contributed by atoms with Crippen LogP contribution >= 0.6 is 22.7 Å². The second kappa shape index (κ2) is 9.94. The van der Waals surface area contributed by atoms with Crippen molar-refractivity contribution in [2.45, 2.75) is 32.7 Å². The van der Waals surface area contributed by atoms with E-state index in [1.54, 1.807) is 23.5 Å². The molecule has 0 atom stereocenters. The van der Waals surface area contributed by atoms with Crippen LogP contribution in [0.25, 0.3) is 20.8 Å². The minimum Gasteiger partial charge on any atom is -0.492 e. The molecule has 1 amide bonds. The van der Waals surface area contributed by atoms with Crippen LogP contribution in [0, 0.1) is 0 Å². The summed E-state index contributed by atoms with van der Waals surface area (Å²) in [6, 6.07) is 11.1. The van der Waals surface area contributed by atoms with Crippen LogP contribution < -0.4 is 20.5 Å². The fraction of sp³-hybridized carbons (Fsp3) is 0.333. The molecule has 1 N–H and O–H groups in total. The number of aromatic nitrogens is 3. The number of anilines is 2. The van der Waals surface area contributed by atoms with Gasteiger partial charge >= 0.3 is 0 Å². The van der Waals surface area contributed by atoms with Gasteiger partial charge in [-0.25, -0.2) is 9.67 Å². The molecule has 4 aromatic rings. The first kappa shape index (κ1) is 22.5. The molecule has 1 fully saturated rings. The lowest BCUT2D eigenvalue weighted by atomic mass is 10.1. The summed E-state index contributed by atoms with van der Waals surface area (Å²) in [4.78, 5) is 34.1. The average molecular weight is 496 g/mol. The lowest BCUT2D eigenvalue weighted by Gasteiger charge is -2.25. The third-order valence-corrected chi connectivity index (χ3v) is 7.62. The number of thiazole rings is 1. The predicted octanol–water partition coefficient (Wildman–Crippen LogP) is 4.61. The van der Waals surface area contributed by atoms with Crippen molar-refractivity contribution in [1.29, 1.82) is 0 Å². The van der Waals surface area contributed by atoms with Gasteiger partial charge in [0, 0.05) is 13.1 Å². The second-order valence-electron chi connectivity index (χ2n) is 7.99. The van der Waals surface area contributed by atoms with Gasteiger partial charge in [-0.2, -0.15) is 5.10 Å². The number of amides is 1. The first-order valence-electron chi connectivity index (χ1n) is 11.4. The number of para-hydroxylation sites is 2. The van der Waals surface area contributed by atoms with Crippen LogP contribution in [-0.4, -0.2) is 40.4 Å². The summed E-state index contributed by atoms with van der Waals surface area (Å²) in [5, 5.41) is 10.3. The topological polar surface area (TPSA) is 89.3 Å². The molecule has 176 valence electrons. The van der Waals surface area contributed by atoms with Gasteiger partial charge < -0.3 is 15.0 Å². The summed E-state index contributed by atoms with van der Waals surface area (Å²) in [6.45, 7) is 4.03. The standard InChI is InChI=1S/C24H25N5O3S2/c1-2-32-17-10-5-4-9-16(17)25-19(30)15-29-23(31)21-22(20(27-29)18-11-8-14-33-18)34-24(26-21)28-12-6-3-7-13-28/h4-5,8-11,14H,2-3,6-7,12-13,15H2,1H3,(H,25,30). The summed E-state index contributed by atoms with van der Waals surface area (Å²) >= 11 is 3.06. The van der Waals surface area contributed by atoms with E-state index in [2.05, 4.69) is 15.3 Å². The lowest BCUT2D eigenvalue weighted by Crippen LogP contribution is -2.31. The Morgan fingerprint density at radius 1 is 1.15 bits per heavy atom. The van der Waals surface area contributed by atoms with Gasteiger partial charge in [0.1, 0.15) is 18.0 Å². The van der Waals surface area contributed by atoms with Gasteiger partial charge in [0.2, 0.25) is 5.91 Å². The Balaban J connectivity index is 1.50. The molecule has 1 aliphatic heterocycles. The van der Waals surface area contributed by atoms with Crippen molar-refractivity contribution >= 4 is 49.6 Å². The number of ether oxygens (including phenoxy) is 1. The molecule has 0 saturated carbocycles. The van der Waals surface area contributed by atoms with E-state index in [0.717, 1.165) is 40.6 Å². The predicted molar refractivity (Wildman–Crippen MR) is 137 cm³/mol. The number of thiophene rings is 1. The highest BCUT2D eigenvalue weighted by molar-refractivity contribution is 7.23. The van der Waals surface area contributed by atoms with E-state index >= 15 is 0 Å². The van der Waals surface area contributed by atoms with E-state index in [9.17, 15) is 9.59 Å². The average Bonchev–Trinajstić information content (AvgIpc) is 3.54. The molecule has 1 aliphatic rings. The molecule has 8 nitrogen and oxygen atoms in total. The van der Waals surface area contributed by atoms with Crippen LogP contribution in [0.15, 0.2) is 46.6 Å². The molecule has 34 heavy (non-hydrogen) atoms. The van der Waals surface area contributed by atoms with E-state index in [0.29, 0.717) is 29.3 Å². The smallest absolute Gasteiger partial charge is 0.294 e. The molecule has 0 aliphatic carbocycles. The molecule has 0 unspecified atom stereocenters. The monoisotopic (exact) mass is 495 g/mol. The molecule has 1 saturated heterocycles.